The fraction of sp³-hybridized carbons (Fsp3) is 0.889. The molecular formula is C9H18O3. The summed E-state index contributed by atoms with van der Waals surface area (Å²) in [6.45, 7) is 6.30. The van der Waals surface area contributed by atoms with Crippen LogP contribution in [0.4, 0.5) is 0 Å². The Labute approximate surface area is 74.0 Å². The van der Waals surface area contributed by atoms with Gasteiger partial charge in [0, 0.05) is 13.7 Å². The Morgan fingerprint density at radius 2 is 2.00 bits per heavy atom. The largest absolute Gasteiger partial charge is 0.377 e. The topological polar surface area (TPSA) is 35.5 Å². The van der Waals surface area contributed by atoms with Gasteiger partial charge >= 0.3 is 0 Å². The van der Waals surface area contributed by atoms with Gasteiger partial charge in [0.25, 0.3) is 0 Å². The lowest BCUT2D eigenvalue weighted by atomic mass is 9.98. The maximum Gasteiger partial charge on any atom is 0.189 e. The molecule has 0 bridgehead atoms. The number of hydrogen-bond donors (Lipinski definition) is 0. The fourth-order valence-corrected chi connectivity index (χ4v) is 0.982. The van der Waals surface area contributed by atoms with Crippen LogP contribution in [-0.2, 0) is 14.3 Å². The highest BCUT2D eigenvalue weighted by atomic mass is 16.5. The highest BCUT2D eigenvalue weighted by Crippen LogP contribution is 2.16. The van der Waals surface area contributed by atoms with Crippen LogP contribution >= 0.6 is 0 Å². The predicted octanol–water partition coefficient (Wildman–Crippen LogP) is 1.41. The third-order valence-electron chi connectivity index (χ3n) is 2.00. The Bertz CT molecular complexity index is 145. The summed E-state index contributed by atoms with van der Waals surface area (Å²) in [4.78, 5) is 11.4. The van der Waals surface area contributed by atoms with Gasteiger partial charge in [-0.3, -0.25) is 4.79 Å². The molecule has 0 aliphatic heterocycles. The number of methoxy groups -OCH3 is 1. The Kier molecular flexibility index (Phi) is 5.09. The van der Waals surface area contributed by atoms with Crippen molar-refractivity contribution >= 4 is 5.78 Å². The molecule has 1 unspecified atom stereocenters. The van der Waals surface area contributed by atoms with Crippen molar-refractivity contribution in [1.29, 1.82) is 0 Å². The van der Waals surface area contributed by atoms with Crippen molar-refractivity contribution in [3.63, 3.8) is 0 Å². The molecule has 0 amide bonds. The minimum absolute atomic E-state index is 0.00866. The number of rotatable bonds is 6. The van der Waals surface area contributed by atoms with Crippen molar-refractivity contribution < 1.29 is 14.3 Å². The lowest BCUT2D eigenvalue weighted by molar-refractivity contribution is -0.146. The van der Waals surface area contributed by atoms with Crippen LogP contribution in [0.2, 0.25) is 0 Å². The van der Waals surface area contributed by atoms with Crippen molar-refractivity contribution in [2.75, 3.05) is 20.3 Å². The number of carbonyl (C=O) groups excluding carboxylic acids is 1. The summed E-state index contributed by atoms with van der Waals surface area (Å²) in [5.74, 6) is 0.00866. The summed E-state index contributed by atoms with van der Waals surface area (Å²) < 4.78 is 10.1. The van der Waals surface area contributed by atoms with Crippen molar-refractivity contribution in [2.45, 2.75) is 32.8 Å². The van der Waals surface area contributed by atoms with Gasteiger partial charge in [-0.15, -0.1) is 0 Å². The molecule has 0 radical (unpaired) electrons. The average molecular weight is 174 g/mol. The Balaban J connectivity index is 4.18. The number of ether oxygens (including phenoxy) is 2. The van der Waals surface area contributed by atoms with E-state index in [-0.39, 0.29) is 12.4 Å². The van der Waals surface area contributed by atoms with Gasteiger partial charge in [0.05, 0.1) is 0 Å². The monoisotopic (exact) mass is 174 g/mol. The summed E-state index contributed by atoms with van der Waals surface area (Å²) in [6.07, 6.45) is 0.684. The second-order valence-electron chi connectivity index (χ2n) is 2.87. The molecule has 0 aliphatic rings. The first kappa shape index (κ1) is 11.6. The van der Waals surface area contributed by atoms with Crippen LogP contribution in [-0.4, -0.2) is 31.7 Å². The molecule has 3 nitrogen and oxygen atoms in total. The smallest absolute Gasteiger partial charge is 0.189 e. The molecule has 12 heavy (non-hydrogen) atoms. The van der Waals surface area contributed by atoms with Crippen LogP contribution in [0, 0.1) is 0 Å². The first-order valence-corrected chi connectivity index (χ1v) is 4.27. The molecule has 3 heteroatoms. The molecule has 0 aromatic carbocycles. The van der Waals surface area contributed by atoms with E-state index in [9.17, 15) is 4.79 Å². The summed E-state index contributed by atoms with van der Waals surface area (Å²) in [5, 5.41) is 0. The van der Waals surface area contributed by atoms with E-state index >= 15 is 0 Å². The second-order valence-corrected chi connectivity index (χ2v) is 2.87. The van der Waals surface area contributed by atoms with Crippen LogP contribution in [0.3, 0.4) is 0 Å². The van der Waals surface area contributed by atoms with Crippen LogP contribution < -0.4 is 0 Å². The highest BCUT2D eigenvalue weighted by Gasteiger charge is 2.30. The van der Waals surface area contributed by atoms with E-state index in [0.717, 1.165) is 0 Å². The van der Waals surface area contributed by atoms with Gasteiger partial charge in [0.2, 0.25) is 0 Å². The molecule has 0 saturated carbocycles. The van der Waals surface area contributed by atoms with Gasteiger partial charge < -0.3 is 9.47 Å². The molecule has 0 aliphatic carbocycles. The summed E-state index contributed by atoms with van der Waals surface area (Å²) in [5.41, 5.74) is -0.662. The summed E-state index contributed by atoms with van der Waals surface area (Å²) in [7, 11) is 1.51. The van der Waals surface area contributed by atoms with Gasteiger partial charge in [-0.25, -0.2) is 0 Å². The van der Waals surface area contributed by atoms with E-state index in [0.29, 0.717) is 13.0 Å². The Hall–Kier alpha value is -0.410. The standard InChI is InChI=1S/C9H18O3/c1-5-9(3,12-6-2)8(10)7-11-4/h5-7H2,1-4H3. The lowest BCUT2D eigenvalue weighted by Gasteiger charge is -2.25. The molecular weight excluding hydrogens is 156 g/mol. The molecule has 0 fully saturated rings. The molecule has 0 rings (SSSR count). The van der Waals surface area contributed by atoms with E-state index < -0.39 is 5.60 Å². The van der Waals surface area contributed by atoms with Gasteiger partial charge in [-0.05, 0) is 20.3 Å². The van der Waals surface area contributed by atoms with E-state index in [4.69, 9.17) is 9.47 Å². The fourth-order valence-electron chi connectivity index (χ4n) is 0.982. The SMILES string of the molecule is CCOC(C)(CC)C(=O)COC. The first-order valence-electron chi connectivity index (χ1n) is 4.27. The maximum atomic E-state index is 11.4. The number of Topliss-reactive ketones (excluding diaryl/α,β-unsaturated/α-hetero) is 1. The van der Waals surface area contributed by atoms with Gasteiger partial charge in [-0.1, -0.05) is 6.92 Å². The number of carbonyl (C=O) groups is 1. The quantitative estimate of drug-likeness (QED) is 0.610. The number of hydrogen-bond acceptors (Lipinski definition) is 3. The van der Waals surface area contributed by atoms with E-state index in [1.165, 1.54) is 7.11 Å². The van der Waals surface area contributed by atoms with Crippen LogP contribution in [0.1, 0.15) is 27.2 Å². The molecule has 0 saturated heterocycles. The highest BCUT2D eigenvalue weighted by molar-refractivity contribution is 5.88. The van der Waals surface area contributed by atoms with Crippen LogP contribution in [0.15, 0.2) is 0 Å². The molecule has 0 spiro atoms. The first-order chi connectivity index (χ1) is 5.60. The molecule has 0 N–H and O–H groups in total. The van der Waals surface area contributed by atoms with Crippen LogP contribution in [0.25, 0.3) is 0 Å². The Morgan fingerprint density at radius 3 is 2.33 bits per heavy atom. The zero-order valence-electron chi connectivity index (χ0n) is 8.35. The third kappa shape index (κ3) is 2.91. The second kappa shape index (κ2) is 5.27. The Morgan fingerprint density at radius 1 is 1.42 bits per heavy atom. The van der Waals surface area contributed by atoms with E-state index in [1.807, 2.05) is 13.8 Å². The van der Waals surface area contributed by atoms with Crippen molar-refractivity contribution in [3.05, 3.63) is 0 Å². The predicted molar refractivity (Wildman–Crippen MR) is 47.2 cm³/mol. The normalized spacial score (nSPS) is 15.7. The van der Waals surface area contributed by atoms with Crippen LogP contribution in [0.5, 0.6) is 0 Å². The summed E-state index contributed by atoms with van der Waals surface area (Å²) >= 11 is 0. The minimum Gasteiger partial charge on any atom is -0.377 e. The van der Waals surface area contributed by atoms with Crippen molar-refractivity contribution in [2.24, 2.45) is 0 Å². The van der Waals surface area contributed by atoms with E-state index in [1.54, 1.807) is 6.92 Å². The molecule has 0 aromatic heterocycles. The maximum absolute atomic E-state index is 11.4. The lowest BCUT2D eigenvalue weighted by Crippen LogP contribution is -2.40. The molecule has 72 valence electrons. The van der Waals surface area contributed by atoms with Gasteiger partial charge in [-0.2, -0.15) is 0 Å². The summed E-state index contributed by atoms with van der Waals surface area (Å²) in [6, 6.07) is 0. The molecule has 0 heterocycles. The van der Waals surface area contributed by atoms with Crippen molar-refractivity contribution in [1.82, 2.24) is 0 Å². The van der Waals surface area contributed by atoms with E-state index in [2.05, 4.69) is 0 Å². The zero-order valence-corrected chi connectivity index (χ0v) is 8.35. The molecule has 0 aromatic rings. The van der Waals surface area contributed by atoms with Gasteiger partial charge in [0.1, 0.15) is 12.2 Å². The zero-order chi connectivity index (χ0) is 9.61. The third-order valence-corrected chi connectivity index (χ3v) is 2.00. The average Bonchev–Trinajstić information content (AvgIpc) is 2.05. The minimum atomic E-state index is -0.662. The molecule has 1 atom stereocenters. The van der Waals surface area contributed by atoms with Crippen molar-refractivity contribution in [3.8, 4) is 0 Å². The number of ketones is 1. The van der Waals surface area contributed by atoms with Gasteiger partial charge in [0.15, 0.2) is 5.78 Å².